The van der Waals surface area contributed by atoms with E-state index in [0.29, 0.717) is 55.4 Å². The van der Waals surface area contributed by atoms with Crippen LogP contribution >= 0.6 is 23.4 Å². The Morgan fingerprint density at radius 1 is 1.04 bits per heavy atom. The molecule has 5 atom stereocenters. The monoisotopic (exact) mass is 665 g/mol. The van der Waals surface area contributed by atoms with E-state index in [1.807, 2.05) is 49.4 Å². The fraction of sp³-hybridized carbons (Fsp3) is 0.472. The fourth-order valence-corrected chi connectivity index (χ4v) is 9.92. The Hall–Kier alpha value is -3.27. The molecule has 46 heavy (non-hydrogen) atoms. The van der Waals surface area contributed by atoms with Crippen molar-refractivity contribution in [1.82, 2.24) is 4.90 Å². The minimum absolute atomic E-state index is 0.0772. The lowest BCUT2D eigenvalue weighted by atomic mass is 9.70. The molecule has 1 spiro atoms. The molecule has 3 heterocycles. The fourth-order valence-electron chi connectivity index (χ4n) is 7.48. The number of carbonyl (C=O) groups excluding carboxylic acids is 3. The molecule has 2 bridgehead atoms. The zero-order valence-electron chi connectivity index (χ0n) is 26.5. The molecule has 0 radical (unpaired) electrons. The standard InChI is InChI=1S/C36H44ClN3O5S/c1-4-21-38(25-15-17-26(18-16-25)45-6-3)33(42)30-29-19-20-36(46-29)31(30)34(43)40(23-11-7-8-12-24-41)32(36)35(44)39(22-5-2)28-14-10-9-13-27(28)37/h4-5,9-10,13-18,29-32,41H,1-2,6-8,11-12,19-24H2,3H3/t29-,30+,31+,32?,36?/m1/s1. The number of aliphatic hydroxyl groups is 1. The van der Waals surface area contributed by atoms with Crippen LogP contribution in [0.2, 0.25) is 5.02 Å². The van der Waals surface area contributed by atoms with Crippen LogP contribution in [0.25, 0.3) is 0 Å². The van der Waals surface area contributed by atoms with E-state index in [-0.39, 0.29) is 36.1 Å². The van der Waals surface area contributed by atoms with Crippen molar-refractivity contribution in [3.8, 4) is 5.75 Å². The number of benzene rings is 2. The van der Waals surface area contributed by atoms with Crippen LogP contribution in [-0.4, -0.2) is 76.6 Å². The SMILES string of the molecule is C=CCN(C(=O)[C@@H]1[C@H]2C(=O)N(CCCCCCO)C(C(=O)N(CC=C)c3ccccc3Cl)C23CC[C@H]1S3)c1ccc(OCC)cc1. The van der Waals surface area contributed by atoms with Gasteiger partial charge in [0.2, 0.25) is 11.8 Å². The molecule has 2 aromatic carbocycles. The van der Waals surface area contributed by atoms with Crippen LogP contribution < -0.4 is 14.5 Å². The molecule has 3 saturated heterocycles. The van der Waals surface area contributed by atoms with E-state index in [1.165, 1.54) is 0 Å². The van der Waals surface area contributed by atoms with Crippen molar-refractivity contribution in [1.29, 1.82) is 0 Å². The average Bonchev–Trinajstić information content (AvgIpc) is 3.70. The van der Waals surface area contributed by atoms with Crippen molar-refractivity contribution in [2.75, 3.05) is 42.6 Å². The summed E-state index contributed by atoms with van der Waals surface area (Å²) in [5.74, 6) is -0.920. The molecular weight excluding hydrogens is 622 g/mol. The summed E-state index contributed by atoms with van der Waals surface area (Å²) < 4.78 is 4.87. The van der Waals surface area contributed by atoms with E-state index in [0.717, 1.165) is 25.0 Å². The second-order valence-corrected chi connectivity index (χ2v) is 14.1. The first-order valence-electron chi connectivity index (χ1n) is 16.2. The number of hydrogen-bond donors (Lipinski definition) is 1. The van der Waals surface area contributed by atoms with Crippen LogP contribution in [0.15, 0.2) is 73.8 Å². The molecule has 3 aliphatic rings. The Morgan fingerprint density at radius 3 is 2.41 bits per heavy atom. The Balaban J connectivity index is 1.51. The molecule has 246 valence electrons. The second kappa shape index (κ2) is 15.1. The van der Waals surface area contributed by atoms with Crippen molar-refractivity contribution in [2.24, 2.45) is 11.8 Å². The van der Waals surface area contributed by atoms with Gasteiger partial charge >= 0.3 is 0 Å². The second-order valence-electron chi connectivity index (χ2n) is 12.1. The number of nitrogens with zero attached hydrogens (tertiary/aromatic N) is 3. The van der Waals surface area contributed by atoms with Gasteiger partial charge in [0.05, 0.1) is 33.9 Å². The summed E-state index contributed by atoms with van der Waals surface area (Å²) in [5, 5.41) is 9.62. The van der Waals surface area contributed by atoms with Gasteiger partial charge in [-0.25, -0.2) is 0 Å². The van der Waals surface area contributed by atoms with Gasteiger partial charge in [0.15, 0.2) is 0 Å². The number of unbranched alkanes of at least 4 members (excludes halogenated alkanes) is 3. The molecule has 2 aromatic rings. The highest BCUT2D eigenvalue weighted by Gasteiger charge is 2.74. The van der Waals surface area contributed by atoms with Gasteiger partial charge in [0.1, 0.15) is 11.8 Å². The average molecular weight is 666 g/mol. The third-order valence-electron chi connectivity index (χ3n) is 9.38. The normalized spacial score (nSPS) is 24.5. The molecule has 5 rings (SSSR count). The van der Waals surface area contributed by atoms with Gasteiger partial charge in [-0.05, 0) is 69.0 Å². The number of halogens is 1. The maximum absolute atomic E-state index is 14.8. The number of anilines is 2. The predicted octanol–water partition coefficient (Wildman–Crippen LogP) is 6.12. The van der Waals surface area contributed by atoms with E-state index < -0.39 is 22.6 Å². The van der Waals surface area contributed by atoms with Crippen molar-refractivity contribution >= 4 is 52.5 Å². The van der Waals surface area contributed by atoms with Crippen LogP contribution in [0.1, 0.15) is 45.4 Å². The number of fused-ring (bicyclic) bond motifs is 1. The van der Waals surface area contributed by atoms with Crippen molar-refractivity contribution in [3.05, 3.63) is 78.9 Å². The summed E-state index contributed by atoms with van der Waals surface area (Å²) in [7, 11) is 0. The number of para-hydroxylation sites is 1. The summed E-state index contributed by atoms with van der Waals surface area (Å²) in [6.45, 7) is 11.3. The Kier molecular flexibility index (Phi) is 11.2. The molecular formula is C36H44ClN3O5S. The number of aliphatic hydroxyl groups excluding tert-OH is 1. The van der Waals surface area contributed by atoms with Gasteiger partial charge in [-0.1, -0.05) is 48.7 Å². The first kappa shape index (κ1) is 34.1. The highest BCUT2D eigenvalue weighted by molar-refractivity contribution is 8.02. The summed E-state index contributed by atoms with van der Waals surface area (Å²) in [6, 6.07) is 13.9. The highest BCUT2D eigenvalue weighted by Crippen LogP contribution is 2.67. The minimum Gasteiger partial charge on any atom is -0.494 e. The lowest BCUT2D eigenvalue weighted by molar-refractivity contribution is -0.139. The topological polar surface area (TPSA) is 90.4 Å². The molecule has 3 amide bonds. The van der Waals surface area contributed by atoms with Gasteiger partial charge in [-0.2, -0.15) is 0 Å². The number of ether oxygens (including phenoxy) is 1. The number of rotatable bonds is 16. The molecule has 8 nitrogen and oxygen atoms in total. The lowest BCUT2D eigenvalue weighted by Gasteiger charge is -2.38. The first-order chi connectivity index (χ1) is 22.3. The minimum atomic E-state index is -0.745. The van der Waals surface area contributed by atoms with E-state index in [1.54, 1.807) is 44.7 Å². The van der Waals surface area contributed by atoms with E-state index >= 15 is 0 Å². The quantitative estimate of drug-likeness (QED) is 0.172. The van der Waals surface area contributed by atoms with Crippen molar-refractivity contribution < 1.29 is 24.2 Å². The number of amides is 3. The maximum atomic E-state index is 14.8. The number of likely N-dealkylation sites (tertiary alicyclic amines) is 1. The van der Waals surface area contributed by atoms with E-state index in [9.17, 15) is 19.5 Å². The molecule has 0 aromatic heterocycles. The van der Waals surface area contributed by atoms with E-state index in [2.05, 4.69) is 13.2 Å². The van der Waals surface area contributed by atoms with Crippen LogP contribution in [0, 0.1) is 11.8 Å². The summed E-state index contributed by atoms with van der Waals surface area (Å²) in [4.78, 5) is 49.0. The molecule has 10 heteroatoms. The Morgan fingerprint density at radius 2 is 1.74 bits per heavy atom. The third-order valence-corrected chi connectivity index (χ3v) is 11.7. The van der Waals surface area contributed by atoms with Crippen molar-refractivity contribution in [3.63, 3.8) is 0 Å². The van der Waals surface area contributed by atoms with Crippen molar-refractivity contribution in [2.45, 2.75) is 61.5 Å². The van der Waals surface area contributed by atoms with E-state index in [4.69, 9.17) is 16.3 Å². The summed E-state index contributed by atoms with van der Waals surface area (Å²) in [6.07, 6.45) is 7.85. The highest BCUT2D eigenvalue weighted by atomic mass is 35.5. The number of thioether (sulfide) groups is 1. The molecule has 0 saturated carbocycles. The third kappa shape index (κ3) is 6.34. The molecule has 0 aliphatic carbocycles. The summed E-state index contributed by atoms with van der Waals surface area (Å²) in [5.41, 5.74) is 1.28. The maximum Gasteiger partial charge on any atom is 0.251 e. The first-order valence-corrected chi connectivity index (χ1v) is 17.5. The molecule has 3 fully saturated rings. The Bertz CT molecular complexity index is 1440. The van der Waals surface area contributed by atoms with Gasteiger partial charge in [-0.15, -0.1) is 24.9 Å². The summed E-state index contributed by atoms with van der Waals surface area (Å²) >= 11 is 8.26. The van der Waals surface area contributed by atoms with Gasteiger partial charge in [0, 0.05) is 37.2 Å². The Labute approximate surface area is 281 Å². The molecule has 2 unspecified atom stereocenters. The largest absolute Gasteiger partial charge is 0.494 e. The molecule has 3 aliphatic heterocycles. The lowest BCUT2D eigenvalue weighted by Crippen LogP contribution is -2.55. The van der Waals surface area contributed by atoms with Gasteiger partial charge < -0.3 is 24.5 Å². The van der Waals surface area contributed by atoms with Crippen LogP contribution in [0.3, 0.4) is 0 Å². The smallest absolute Gasteiger partial charge is 0.251 e. The number of carbonyl (C=O) groups is 3. The predicted molar refractivity (Wildman–Crippen MR) is 186 cm³/mol. The molecule has 1 N–H and O–H groups in total. The number of hydrogen-bond acceptors (Lipinski definition) is 6. The van der Waals surface area contributed by atoms with Crippen LogP contribution in [-0.2, 0) is 14.4 Å². The zero-order valence-corrected chi connectivity index (χ0v) is 28.1. The van der Waals surface area contributed by atoms with Crippen LogP contribution in [0.5, 0.6) is 5.75 Å². The zero-order chi connectivity index (χ0) is 32.8. The van der Waals surface area contributed by atoms with Gasteiger partial charge in [0.25, 0.3) is 5.91 Å². The van der Waals surface area contributed by atoms with Gasteiger partial charge in [-0.3, -0.25) is 14.4 Å². The van der Waals surface area contributed by atoms with Crippen LogP contribution in [0.4, 0.5) is 11.4 Å².